The molecule has 174 valence electrons. The van der Waals surface area contributed by atoms with Crippen LogP contribution in [-0.4, -0.2) is 58.9 Å². The molecule has 3 fully saturated rings. The second kappa shape index (κ2) is 8.85. The third-order valence-corrected chi connectivity index (χ3v) is 7.50. The lowest BCUT2D eigenvalue weighted by molar-refractivity contribution is -0.136. The SMILES string of the molecule is CC(C)(C)C1CCC2(CC1)NC(=O)N(CC(=O)NC1CCN(Cc3ccccc3)C1)C2=O. The van der Waals surface area contributed by atoms with Crippen LogP contribution in [0.5, 0.6) is 0 Å². The third-order valence-electron chi connectivity index (χ3n) is 7.50. The summed E-state index contributed by atoms with van der Waals surface area (Å²) in [5, 5.41) is 5.95. The topological polar surface area (TPSA) is 81.8 Å². The van der Waals surface area contributed by atoms with Gasteiger partial charge in [-0.2, -0.15) is 0 Å². The zero-order chi connectivity index (χ0) is 22.9. The summed E-state index contributed by atoms with van der Waals surface area (Å²) in [6, 6.07) is 9.89. The average molecular weight is 441 g/mol. The number of likely N-dealkylation sites (tertiary alicyclic amines) is 1. The van der Waals surface area contributed by atoms with Crippen molar-refractivity contribution in [3.8, 4) is 0 Å². The number of urea groups is 1. The number of nitrogens with one attached hydrogen (secondary N) is 2. The van der Waals surface area contributed by atoms with Crippen LogP contribution in [0.15, 0.2) is 30.3 Å². The largest absolute Gasteiger partial charge is 0.350 e. The summed E-state index contributed by atoms with van der Waals surface area (Å²) in [6.45, 7) is 9.03. The monoisotopic (exact) mass is 440 g/mol. The fraction of sp³-hybridized carbons (Fsp3) is 0.640. The van der Waals surface area contributed by atoms with E-state index in [1.807, 2.05) is 18.2 Å². The Hall–Kier alpha value is -2.41. The Morgan fingerprint density at radius 2 is 1.81 bits per heavy atom. The highest BCUT2D eigenvalue weighted by Gasteiger charge is 2.53. The number of carbonyl (C=O) groups excluding carboxylic acids is 3. The molecule has 4 rings (SSSR count). The normalized spacial score (nSPS) is 28.9. The zero-order valence-electron chi connectivity index (χ0n) is 19.5. The van der Waals surface area contributed by atoms with Crippen LogP contribution in [0.2, 0.25) is 0 Å². The van der Waals surface area contributed by atoms with Crippen molar-refractivity contribution in [2.75, 3.05) is 19.6 Å². The summed E-state index contributed by atoms with van der Waals surface area (Å²) in [5.41, 5.74) is 0.631. The smallest absolute Gasteiger partial charge is 0.325 e. The molecular weight excluding hydrogens is 404 g/mol. The van der Waals surface area contributed by atoms with Crippen molar-refractivity contribution in [2.24, 2.45) is 11.3 Å². The van der Waals surface area contributed by atoms with E-state index in [-0.39, 0.29) is 29.8 Å². The Balaban J connectivity index is 1.27. The van der Waals surface area contributed by atoms with Gasteiger partial charge in [0.15, 0.2) is 0 Å². The van der Waals surface area contributed by atoms with E-state index in [9.17, 15) is 14.4 Å². The van der Waals surface area contributed by atoms with Gasteiger partial charge in [0.1, 0.15) is 12.1 Å². The highest BCUT2D eigenvalue weighted by molar-refractivity contribution is 6.09. The molecule has 2 saturated heterocycles. The molecule has 0 radical (unpaired) electrons. The predicted molar refractivity (Wildman–Crippen MR) is 123 cm³/mol. The molecular formula is C25H36N4O3. The minimum Gasteiger partial charge on any atom is -0.350 e. The van der Waals surface area contributed by atoms with E-state index in [4.69, 9.17) is 0 Å². The number of hydrogen-bond acceptors (Lipinski definition) is 4. The summed E-state index contributed by atoms with van der Waals surface area (Å²) in [7, 11) is 0. The molecule has 0 bridgehead atoms. The predicted octanol–water partition coefficient (Wildman–Crippen LogP) is 2.90. The highest BCUT2D eigenvalue weighted by atomic mass is 16.2. The summed E-state index contributed by atoms with van der Waals surface area (Å²) in [4.78, 5) is 41.8. The number of hydrogen-bond donors (Lipinski definition) is 2. The van der Waals surface area contributed by atoms with E-state index in [1.165, 1.54) is 5.56 Å². The number of rotatable bonds is 5. The van der Waals surface area contributed by atoms with E-state index < -0.39 is 11.6 Å². The molecule has 1 atom stereocenters. The molecule has 1 aromatic rings. The fourth-order valence-electron chi connectivity index (χ4n) is 5.49. The Kier molecular flexibility index (Phi) is 6.30. The molecule has 0 aromatic heterocycles. The van der Waals surface area contributed by atoms with Gasteiger partial charge in [-0.1, -0.05) is 51.1 Å². The van der Waals surface area contributed by atoms with Gasteiger partial charge in [0.25, 0.3) is 5.91 Å². The van der Waals surface area contributed by atoms with Gasteiger partial charge in [-0.25, -0.2) is 4.79 Å². The maximum atomic E-state index is 13.1. The molecule has 1 saturated carbocycles. The van der Waals surface area contributed by atoms with E-state index in [0.717, 1.165) is 43.8 Å². The Bertz CT molecular complexity index is 856. The van der Waals surface area contributed by atoms with E-state index in [0.29, 0.717) is 18.8 Å². The van der Waals surface area contributed by atoms with Crippen molar-refractivity contribution in [3.05, 3.63) is 35.9 Å². The molecule has 7 nitrogen and oxygen atoms in total. The van der Waals surface area contributed by atoms with Crippen molar-refractivity contribution in [1.82, 2.24) is 20.4 Å². The van der Waals surface area contributed by atoms with Gasteiger partial charge in [-0.3, -0.25) is 19.4 Å². The van der Waals surface area contributed by atoms with Crippen molar-refractivity contribution in [3.63, 3.8) is 0 Å². The molecule has 2 heterocycles. The average Bonchev–Trinajstić information content (AvgIpc) is 3.26. The second-order valence-electron chi connectivity index (χ2n) is 10.8. The number of imide groups is 1. The van der Waals surface area contributed by atoms with E-state index >= 15 is 0 Å². The Labute approximate surface area is 190 Å². The van der Waals surface area contributed by atoms with Crippen LogP contribution >= 0.6 is 0 Å². The summed E-state index contributed by atoms with van der Waals surface area (Å²) in [6.07, 6.45) is 3.99. The van der Waals surface area contributed by atoms with E-state index in [1.54, 1.807) is 0 Å². The van der Waals surface area contributed by atoms with Crippen LogP contribution in [0.4, 0.5) is 4.79 Å². The van der Waals surface area contributed by atoms with Gasteiger partial charge < -0.3 is 10.6 Å². The standard InChI is InChI=1S/C25H36N4O3/c1-24(2,3)19-9-12-25(13-10-19)22(31)29(23(32)27-25)17-21(30)26-20-11-14-28(16-20)15-18-7-5-4-6-8-18/h4-8,19-20H,9-17H2,1-3H3,(H,26,30)(H,27,32). The highest BCUT2D eigenvalue weighted by Crippen LogP contribution is 2.43. The van der Waals surface area contributed by atoms with Gasteiger partial charge in [-0.15, -0.1) is 0 Å². The van der Waals surface area contributed by atoms with Crippen LogP contribution < -0.4 is 10.6 Å². The number of benzene rings is 1. The lowest BCUT2D eigenvalue weighted by Gasteiger charge is -2.40. The van der Waals surface area contributed by atoms with Crippen LogP contribution in [0.1, 0.15) is 58.4 Å². The van der Waals surface area contributed by atoms with Crippen molar-refractivity contribution < 1.29 is 14.4 Å². The first-order valence-corrected chi connectivity index (χ1v) is 11.9. The summed E-state index contributed by atoms with van der Waals surface area (Å²) < 4.78 is 0. The first-order chi connectivity index (χ1) is 15.2. The molecule has 32 heavy (non-hydrogen) atoms. The number of nitrogens with zero attached hydrogens (tertiary/aromatic N) is 2. The van der Waals surface area contributed by atoms with Gasteiger partial charge in [0.2, 0.25) is 5.91 Å². The first kappa shape index (κ1) is 22.8. The molecule has 2 aliphatic heterocycles. The summed E-state index contributed by atoms with van der Waals surface area (Å²) in [5.74, 6) is 0.0407. The lowest BCUT2D eigenvalue weighted by atomic mass is 9.67. The molecule has 1 aromatic carbocycles. The van der Waals surface area contributed by atoms with Crippen LogP contribution in [-0.2, 0) is 16.1 Å². The zero-order valence-corrected chi connectivity index (χ0v) is 19.5. The molecule has 1 spiro atoms. The minimum atomic E-state index is -0.820. The maximum Gasteiger partial charge on any atom is 0.325 e. The fourth-order valence-corrected chi connectivity index (χ4v) is 5.49. The van der Waals surface area contributed by atoms with Crippen LogP contribution in [0.3, 0.4) is 0 Å². The van der Waals surface area contributed by atoms with Crippen LogP contribution in [0.25, 0.3) is 0 Å². The maximum absolute atomic E-state index is 13.1. The van der Waals surface area contributed by atoms with E-state index in [2.05, 4.69) is 48.4 Å². The minimum absolute atomic E-state index is 0.0446. The summed E-state index contributed by atoms with van der Waals surface area (Å²) >= 11 is 0. The number of amides is 4. The second-order valence-corrected chi connectivity index (χ2v) is 10.8. The molecule has 3 aliphatic rings. The molecule has 2 N–H and O–H groups in total. The number of carbonyl (C=O) groups is 3. The van der Waals surface area contributed by atoms with Gasteiger partial charge in [0.05, 0.1) is 0 Å². The molecule has 4 amide bonds. The lowest BCUT2D eigenvalue weighted by Crippen LogP contribution is -2.51. The molecule has 7 heteroatoms. The first-order valence-electron chi connectivity index (χ1n) is 11.9. The van der Waals surface area contributed by atoms with Gasteiger partial charge >= 0.3 is 6.03 Å². The Morgan fingerprint density at radius 1 is 1.12 bits per heavy atom. The molecule has 1 aliphatic carbocycles. The third kappa shape index (κ3) is 4.82. The van der Waals surface area contributed by atoms with Crippen molar-refractivity contribution >= 4 is 17.8 Å². The Morgan fingerprint density at radius 3 is 2.47 bits per heavy atom. The van der Waals surface area contributed by atoms with Gasteiger partial charge in [-0.05, 0) is 49.0 Å². The van der Waals surface area contributed by atoms with Crippen molar-refractivity contribution in [1.29, 1.82) is 0 Å². The molecule has 1 unspecified atom stereocenters. The van der Waals surface area contributed by atoms with Crippen molar-refractivity contribution in [2.45, 2.75) is 71.0 Å². The quantitative estimate of drug-likeness (QED) is 0.690. The van der Waals surface area contributed by atoms with Gasteiger partial charge in [0, 0.05) is 25.7 Å². The van der Waals surface area contributed by atoms with Crippen LogP contribution in [0, 0.1) is 11.3 Å².